The largest absolute Gasteiger partial charge is 0.330 e. The summed E-state index contributed by atoms with van der Waals surface area (Å²) in [6.07, 6.45) is 21.4. The van der Waals surface area contributed by atoms with Gasteiger partial charge < -0.3 is 5.73 Å². The maximum atomic E-state index is 6.12. The Kier molecular flexibility index (Phi) is 10.4. The van der Waals surface area contributed by atoms with Gasteiger partial charge in [0, 0.05) is 0 Å². The molecule has 1 saturated carbocycles. The molecule has 1 aliphatic rings. The van der Waals surface area contributed by atoms with Gasteiger partial charge in [0.1, 0.15) is 0 Å². The van der Waals surface area contributed by atoms with Crippen LogP contribution in [0.1, 0.15) is 110 Å². The lowest BCUT2D eigenvalue weighted by Gasteiger charge is -2.39. The van der Waals surface area contributed by atoms with Crippen LogP contribution in [-0.4, -0.2) is 6.54 Å². The molecule has 0 spiro atoms. The molecule has 2 atom stereocenters. The van der Waals surface area contributed by atoms with Crippen molar-refractivity contribution in [1.29, 1.82) is 0 Å². The highest BCUT2D eigenvalue weighted by Gasteiger charge is 2.32. The maximum absolute atomic E-state index is 6.12. The van der Waals surface area contributed by atoms with Gasteiger partial charge in [0.05, 0.1) is 0 Å². The number of nitrogens with two attached hydrogens (primary N) is 1. The molecule has 0 amide bonds. The summed E-state index contributed by atoms with van der Waals surface area (Å²) in [4.78, 5) is 0. The molecule has 2 N–H and O–H groups in total. The molecule has 0 aromatic rings. The molecule has 0 aliphatic heterocycles. The lowest BCUT2D eigenvalue weighted by molar-refractivity contribution is 0.137. The first kappa shape index (κ1) is 19.0. The average molecular weight is 296 g/mol. The summed E-state index contributed by atoms with van der Waals surface area (Å²) in [7, 11) is 0. The summed E-state index contributed by atoms with van der Waals surface area (Å²) in [5.41, 5.74) is 6.63. The van der Waals surface area contributed by atoms with Gasteiger partial charge in [0.15, 0.2) is 0 Å². The standard InChI is InChI=1S/C20H41N/c1-3-4-5-6-7-8-9-10-11-12-15-20(18-21)16-13-14-19(2)17-20/h19H,3-18,21H2,1-2H3. The van der Waals surface area contributed by atoms with E-state index in [-0.39, 0.29) is 0 Å². The van der Waals surface area contributed by atoms with E-state index in [4.69, 9.17) is 5.73 Å². The zero-order chi connectivity index (χ0) is 15.4. The van der Waals surface area contributed by atoms with Crippen LogP contribution < -0.4 is 5.73 Å². The van der Waals surface area contributed by atoms with E-state index in [0.29, 0.717) is 5.41 Å². The summed E-state index contributed by atoms with van der Waals surface area (Å²) in [5.74, 6) is 0.908. The molecule has 1 fully saturated rings. The maximum Gasteiger partial charge on any atom is -0.00204 e. The smallest absolute Gasteiger partial charge is 0.00204 e. The first-order valence-electron chi connectivity index (χ1n) is 9.92. The van der Waals surface area contributed by atoms with Gasteiger partial charge in [-0.3, -0.25) is 0 Å². The zero-order valence-electron chi connectivity index (χ0n) is 15.0. The molecule has 0 heterocycles. The van der Waals surface area contributed by atoms with E-state index < -0.39 is 0 Å². The van der Waals surface area contributed by atoms with Gasteiger partial charge in [0.25, 0.3) is 0 Å². The van der Waals surface area contributed by atoms with Gasteiger partial charge in [-0.05, 0) is 37.1 Å². The Morgan fingerprint density at radius 3 is 2.00 bits per heavy atom. The molecule has 126 valence electrons. The molecule has 0 radical (unpaired) electrons. The van der Waals surface area contributed by atoms with E-state index in [1.165, 1.54) is 96.3 Å². The van der Waals surface area contributed by atoms with E-state index >= 15 is 0 Å². The van der Waals surface area contributed by atoms with Crippen LogP contribution in [0.25, 0.3) is 0 Å². The minimum atomic E-state index is 0.512. The summed E-state index contributed by atoms with van der Waals surface area (Å²) in [6.45, 7) is 5.64. The van der Waals surface area contributed by atoms with Crippen LogP contribution in [-0.2, 0) is 0 Å². The fraction of sp³-hybridized carbons (Fsp3) is 1.00. The number of hydrogen-bond donors (Lipinski definition) is 1. The second-order valence-electron chi connectivity index (χ2n) is 7.84. The van der Waals surface area contributed by atoms with Crippen LogP contribution in [0.5, 0.6) is 0 Å². The van der Waals surface area contributed by atoms with Gasteiger partial charge >= 0.3 is 0 Å². The minimum absolute atomic E-state index is 0.512. The summed E-state index contributed by atoms with van der Waals surface area (Å²) in [5, 5.41) is 0. The summed E-state index contributed by atoms with van der Waals surface area (Å²) >= 11 is 0. The van der Waals surface area contributed by atoms with Crippen LogP contribution >= 0.6 is 0 Å². The molecular weight excluding hydrogens is 254 g/mol. The predicted molar refractivity (Wildman–Crippen MR) is 95.6 cm³/mol. The first-order valence-corrected chi connectivity index (χ1v) is 9.92. The molecule has 1 rings (SSSR count). The molecule has 2 unspecified atom stereocenters. The Bertz CT molecular complexity index is 238. The molecule has 1 nitrogen and oxygen atoms in total. The molecule has 1 heteroatoms. The van der Waals surface area contributed by atoms with Gasteiger partial charge in [-0.25, -0.2) is 0 Å². The van der Waals surface area contributed by atoms with Crippen molar-refractivity contribution in [2.75, 3.05) is 6.54 Å². The van der Waals surface area contributed by atoms with Crippen LogP contribution in [0.2, 0.25) is 0 Å². The highest BCUT2D eigenvalue weighted by Crippen LogP contribution is 2.42. The van der Waals surface area contributed by atoms with Crippen molar-refractivity contribution in [3.8, 4) is 0 Å². The third-order valence-electron chi connectivity index (χ3n) is 5.68. The van der Waals surface area contributed by atoms with Crippen molar-refractivity contribution in [3.05, 3.63) is 0 Å². The second-order valence-corrected chi connectivity index (χ2v) is 7.84. The van der Waals surface area contributed by atoms with Gasteiger partial charge in [-0.2, -0.15) is 0 Å². The quantitative estimate of drug-likeness (QED) is 0.411. The Morgan fingerprint density at radius 1 is 0.905 bits per heavy atom. The molecule has 21 heavy (non-hydrogen) atoms. The Labute approximate surface area is 134 Å². The molecular formula is C20H41N. The highest BCUT2D eigenvalue weighted by molar-refractivity contribution is 4.86. The van der Waals surface area contributed by atoms with Crippen molar-refractivity contribution in [2.45, 2.75) is 110 Å². The average Bonchev–Trinajstić information content (AvgIpc) is 2.49. The van der Waals surface area contributed by atoms with Crippen molar-refractivity contribution in [1.82, 2.24) is 0 Å². The van der Waals surface area contributed by atoms with E-state index in [2.05, 4.69) is 13.8 Å². The molecule has 0 aromatic carbocycles. The van der Waals surface area contributed by atoms with Crippen LogP contribution in [0.15, 0.2) is 0 Å². The predicted octanol–water partition coefficient (Wildman–Crippen LogP) is 6.45. The minimum Gasteiger partial charge on any atom is -0.330 e. The normalized spacial score (nSPS) is 26.1. The summed E-state index contributed by atoms with van der Waals surface area (Å²) < 4.78 is 0. The van der Waals surface area contributed by atoms with Crippen LogP contribution in [0.4, 0.5) is 0 Å². The third kappa shape index (κ3) is 8.24. The topological polar surface area (TPSA) is 26.0 Å². The lowest BCUT2D eigenvalue weighted by atomic mass is 9.67. The number of hydrogen-bond acceptors (Lipinski definition) is 1. The fourth-order valence-electron chi connectivity index (χ4n) is 4.27. The lowest BCUT2D eigenvalue weighted by Crippen LogP contribution is -2.35. The Morgan fingerprint density at radius 2 is 1.48 bits per heavy atom. The monoisotopic (exact) mass is 295 g/mol. The van der Waals surface area contributed by atoms with E-state index in [0.717, 1.165) is 12.5 Å². The zero-order valence-corrected chi connectivity index (χ0v) is 15.0. The molecule has 0 saturated heterocycles. The Hall–Kier alpha value is -0.0400. The van der Waals surface area contributed by atoms with Crippen molar-refractivity contribution < 1.29 is 0 Å². The third-order valence-corrected chi connectivity index (χ3v) is 5.68. The Balaban J connectivity index is 1.97. The van der Waals surface area contributed by atoms with Gasteiger partial charge in [-0.1, -0.05) is 90.9 Å². The van der Waals surface area contributed by atoms with Gasteiger partial charge in [0.2, 0.25) is 0 Å². The fourth-order valence-corrected chi connectivity index (χ4v) is 4.27. The first-order chi connectivity index (χ1) is 10.2. The van der Waals surface area contributed by atoms with Crippen LogP contribution in [0, 0.1) is 11.3 Å². The number of rotatable bonds is 12. The van der Waals surface area contributed by atoms with Crippen LogP contribution in [0.3, 0.4) is 0 Å². The molecule has 1 aliphatic carbocycles. The SMILES string of the molecule is CCCCCCCCCCCCC1(CN)CCCC(C)C1. The van der Waals surface area contributed by atoms with Crippen molar-refractivity contribution in [2.24, 2.45) is 17.1 Å². The highest BCUT2D eigenvalue weighted by atomic mass is 14.6. The van der Waals surface area contributed by atoms with E-state index in [1.807, 2.05) is 0 Å². The van der Waals surface area contributed by atoms with Gasteiger partial charge in [-0.15, -0.1) is 0 Å². The van der Waals surface area contributed by atoms with Crippen molar-refractivity contribution in [3.63, 3.8) is 0 Å². The summed E-state index contributed by atoms with van der Waals surface area (Å²) in [6, 6.07) is 0. The molecule has 0 bridgehead atoms. The van der Waals surface area contributed by atoms with E-state index in [9.17, 15) is 0 Å². The van der Waals surface area contributed by atoms with Crippen molar-refractivity contribution >= 4 is 0 Å². The second kappa shape index (κ2) is 11.5. The molecule has 0 aromatic heterocycles. The number of unbranched alkanes of at least 4 members (excludes halogenated alkanes) is 9. The van der Waals surface area contributed by atoms with E-state index in [1.54, 1.807) is 0 Å².